The number of nitrogens with zero attached hydrogens (tertiary/aromatic N) is 1. The predicted molar refractivity (Wildman–Crippen MR) is 61.4 cm³/mol. The molecule has 0 aliphatic heterocycles. The van der Waals surface area contributed by atoms with E-state index in [4.69, 9.17) is 0 Å². The Morgan fingerprint density at radius 3 is 2.40 bits per heavy atom. The standard InChI is InChI=1S/C10H16N2O2S/c1-10(2,3)8-5-6-11-9(7-8)12-15(4,13)14/h5-7H,1-4H3,(H,11,12). The number of aromatic nitrogens is 1. The molecule has 0 aliphatic carbocycles. The Morgan fingerprint density at radius 1 is 1.33 bits per heavy atom. The zero-order valence-corrected chi connectivity index (χ0v) is 10.2. The van der Waals surface area contributed by atoms with Crippen molar-refractivity contribution in [1.29, 1.82) is 0 Å². The van der Waals surface area contributed by atoms with Gasteiger partial charge in [0.2, 0.25) is 10.0 Å². The normalized spacial score (nSPS) is 12.5. The van der Waals surface area contributed by atoms with E-state index in [9.17, 15) is 8.42 Å². The van der Waals surface area contributed by atoms with E-state index < -0.39 is 10.0 Å². The highest BCUT2D eigenvalue weighted by Crippen LogP contribution is 2.23. The molecular weight excluding hydrogens is 212 g/mol. The van der Waals surface area contributed by atoms with Crippen LogP contribution < -0.4 is 4.72 Å². The van der Waals surface area contributed by atoms with Gasteiger partial charge in [0, 0.05) is 6.20 Å². The second kappa shape index (κ2) is 3.81. The van der Waals surface area contributed by atoms with E-state index in [1.165, 1.54) is 0 Å². The smallest absolute Gasteiger partial charge is 0.230 e. The molecule has 0 bridgehead atoms. The van der Waals surface area contributed by atoms with Crippen molar-refractivity contribution in [3.05, 3.63) is 23.9 Å². The molecule has 0 aliphatic rings. The van der Waals surface area contributed by atoms with Crippen LogP contribution in [0.1, 0.15) is 26.3 Å². The first-order valence-corrected chi connectivity index (χ1v) is 6.52. The van der Waals surface area contributed by atoms with Gasteiger partial charge in [-0.3, -0.25) is 4.72 Å². The molecule has 0 fully saturated rings. The highest BCUT2D eigenvalue weighted by atomic mass is 32.2. The van der Waals surface area contributed by atoms with E-state index in [1.54, 1.807) is 12.3 Å². The lowest BCUT2D eigenvalue weighted by Gasteiger charge is -2.19. The molecular formula is C10H16N2O2S. The molecule has 1 heterocycles. The largest absolute Gasteiger partial charge is 0.268 e. The average molecular weight is 228 g/mol. The van der Waals surface area contributed by atoms with Crippen LogP contribution in [0.3, 0.4) is 0 Å². The molecule has 0 amide bonds. The number of anilines is 1. The fourth-order valence-corrected chi connectivity index (χ4v) is 1.63. The average Bonchev–Trinajstić information content (AvgIpc) is 1.99. The third-order valence-electron chi connectivity index (χ3n) is 1.92. The van der Waals surface area contributed by atoms with E-state index in [1.807, 2.05) is 6.07 Å². The van der Waals surface area contributed by atoms with Crippen molar-refractivity contribution >= 4 is 15.8 Å². The zero-order valence-electron chi connectivity index (χ0n) is 9.40. The van der Waals surface area contributed by atoms with Crippen LogP contribution in [0.4, 0.5) is 5.82 Å². The molecule has 0 unspecified atom stereocenters. The molecule has 5 heteroatoms. The van der Waals surface area contributed by atoms with Gasteiger partial charge in [0.25, 0.3) is 0 Å². The van der Waals surface area contributed by atoms with Gasteiger partial charge in [-0.15, -0.1) is 0 Å². The summed E-state index contributed by atoms with van der Waals surface area (Å²) in [7, 11) is -3.25. The minimum Gasteiger partial charge on any atom is -0.268 e. The van der Waals surface area contributed by atoms with Gasteiger partial charge in [0.1, 0.15) is 5.82 Å². The van der Waals surface area contributed by atoms with Gasteiger partial charge < -0.3 is 0 Å². The maximum absolute atomic E-state index is 11.0. The number of nitrogens with one attached hydrogen (secondary N) is 1. The summed E-state index contributed by atoms with van der Waals surface area (Å²) in [6, 6.07) is 3.63. The summed E-state index contributed by atoms with van der Waals surface area (Å²) in [5, 5.41) is 0. The van der Waals surface area contributed by atoms with E-state index in [2.05, 4.69) is 30.5 Å². The molecule has 4 nitrogen and oxygen atoms in total. The predicted octanol–water partition coefficient (Wildman–Crippen LogP) is 1.75. The number of rotatable bonds is 2. The summed E-state index contributed by atoms with van der Waals surface area (Å²) in [4.78, 5) is 3.95. The van der Waals surface area contributed by atoms with Crippen molar-refractivity contribution in [2.45, 2.75) is 26.2 Å². The summed E-state index contributed by atoms with van der Waals surface area (Å²) in [5.74, 6) is 0.366. The molecule has 0 radical (unpaired) electrons. The maximum Gasteiger partial charge on any atom is 0.230 e. The van der Waals surface area contributed by atoms with Crippen LogP contribution in [-0.4, -0.2) is 19.7 Å². The van der Waals surface area contributed by atoms with Crippen LogP contribution in [-0.2, 0) is 15.4 Å². The lowest BCUT2D eigenvalue weighted by Crippen LogP contribution is -2.14. The number of sulfonamides is 1. The molecule has 15 heavy (non-hydrogen) atoms. The lowest BCUT2D eigenvalue weighted by atomic mass is 9.88. The van der Waals surface area contributed by atoms with E-state index >= 15 is 0 Å². The van der Waals surface area contributed by atoms with Crippen molar-refractivity contribution in [1.82, 2.24) is 4.98 Å². The van der Waals surface area contributed by atoms with Crippen LogP contribution in [0.5, 0.6) is 0 Å². The highest BCUT2D eigenvalue weighted by Gasteiger charge is 2.14. The monoisotopic (exact) mass is 228 g/mol. The van der Waals surface area contributed by atoms with Gasteiger partial charge in [-0.05, 0) is 23.1 Å². The second-order valence-corrected chi connectivity index (χ2v) is 6.30. The third-order valence-corrected chi connectivity index (χ3v) is 2.50. The van der Waals surface area contributed by atoms with Crippen LogP contribution in [0.15, 0.2) is 18.3 Å². The Bertz CT molecular complexity index is 447. The van der Waals surface area contributed by atoms with Crippen LogP contribution in [0.2, 0.25) is 0 Å². The van der Waals surface area contributed by atoms with Crippen molar-refractivity contribution in [3.63, 3.8) is 0 Å². The first-order chi connectivity index (χ1) is 6.68. The fourth-order valence-electron chi connectivity index (χ4n) is 1.14. The van der Waals surface area contributed by atoms with Gasteiger partial charge in [-0.2, -0.15) is 0 Å². The van der Waals surface area contributed by atoms with Crippen molar-refractivity contribution in [2.75, 3.05) is 11.0 Å². The summed E-state index contributed by atoms with van der Waals surface area (Å²) >= 11 is 0. The van der Waals surface area contributed by atoms with Crippen LogP contribution in [0.25, 0.3) is 0 Å². The zero-order chi connectivity index (χ0) is 11.7. The minimum absolute atomic E-state index is 0.0170. The van der Waals surface area contributed by atoms with Gasteiger partial charge in [-0.1, -0.05) is 20.8 Å². The summed E-state index contributed by atoms with van der Waals surface area (Å²) < 4.78 is 24.4. The van der Waals surface area contributed by atoms with Gasteiger partial charge in [0.15, 0.2) is 0 Å². The SMILES string of the molecule is CC(C)(C)c1ccnc(NS(C)(=O)=O)c1. The molecule has 0 saturated carbocycles. The Balaban J connectivity index is 3.04. The first kappa shape index (κ1) is 12.0. The van der Waals surface area contributed by atoms with Crippen molar-refractivity contribution in [3.8, 4) is 0 Å². The third kappa shape index (κ3) is 3.87. The van der Waals surface area contributed by atoms with Crippen molar-refractivity contribution < 1.29 is 8.42 Å². The Hall–Kier alpha value is -1.10. The number of hydrogen-bond acceptors (Lipinski definition) is 3. The first-order valence-electron chi connectivity index (χ1n) is 4.63. The summed E-state index contributed by atoms with van der Waals surface area (Å²) in [6.07, 6.45) is 2.71. The molecule has 84 valence electrons. The van der Waals surface area contributed by atoms with Crippen LogP contribution in [0, 0.1) is 0 Å². The molecule has 1 aromatic rings. The molecule has 1 N–H and O–H groups in total. The van der Waals surface area contributed by atoms with Crippen molar-refractivity contribution in [2.24, 2.45) is 0 Å². The lowest BCUT2D eigenvalue weighted by molar-refractivity contribution is 0.589. The Kier molecular flexibility index (Phi) is 3.04. The fraction of sp³-hybridized carbons (Fsp3) is 0.500. The molecule has 0 atom stereocenters. The van der Waals surface area contributed by atoms with Gasteiger partial charge >= 0.3 is 0 Å². The van der Waals surface area contributed by atoms with Gasteiger partial charge in [0.05, 0.1) is 6.26 Å². The highest BCUT2D eigenvalue weighted by molar-refractivity contribution is 7.92. The summed E-state index contributed by atoms with van der Waals surface area (Å²) in [5.41, 5.74) is 1.03. The van der Waals surface area contributed by atoms with Crippen LogP contribution >= 0.6 is 0 Å². The van der Waals surface area contributed by atoms with Gasteiger partial charge in [-0.25, -0.2) is 13.4 Å². The Labute approximate surface area is 90.8 Å². The molecule has 0 spiro atoms. The quantitative estimate of drug-likeness (QED) is 0.839. The summed E-state index contributed by atoms with van der Waals surface area (Å²) in [6.45, 7) is 6.19. The second-order valence-electron chi connectivity index (χ2n) is 4.55. The molecule has 1 aromatic heterocycles. The Morgan fingerprint density at radius 2 is 1.93 bits per heavy atom. The number of pyridine rings is 1. The minimum atomic E-state index is -3.25. The molecule has 0 saturated heterocycles. The maximum atomic E-state index is 11.0. The van der Waals surface area contributed by atoms with E-state index in [0.29, 0.717) is 5.82 Å². The van der Waals surface area contributed by atoms with E-state index in [0.717, 1.165) is 11.8 Å². The number of hydrogen-bond donors (Lipinski definition) is 1. The van der Waals surface area contributed by atoms with E-state index in [-0.39, 0.29) is 5.41 Å². The topological polar surface area (TPSA) is 59.1 Å². The molecule has 1 rings (SSSR count). The molecule has 0 aromatic carbocycles.